The van der Waals surface area contributed by atoms with Gasteiger partial charge in [0.15, 0.2) is 0 Å². The van der Waals surface area contributed by atoms with Crippen LogP contribution < -0.4 is 5.32 Å². The molecule has 0 radical (unpaired) electrons. The number of likely N-dealkylation sites (tertiary alicyclic amines) is 1. The molecule has 0 spiro atoms. The molecule has 0 aromatic rings. The third-order valence-corrected chi connectivity index (χ3v) is 4.99. The third-order valence-electron chi connectivity index (χ3n) is 4.99. The van der Waals surface area contributed by atoms with E-state index in [1.54, 1.807) is 0 Å². The summed E-state index contributed by atoms with van der Waals surface area (Å²) < 4.78 is 0. The fourth-order valence-electron chi connectivity index (χ4n) is 3.14. The summed E-state index contributed by atoms with van der Waals surface area (Å²) in [4.78, 5) is 27.9. The van der Waals surface area contributed by atoms with Gasteiger partial charge in [-0.05, 0) is 52.0 Å². The second-order valence-electron chi connectivity index (χ2n) is 6.89. The number of rotatable bonds is 8. The number of carbonyl (C=O) groups is 2. The van der Waals surface area contributed by atoms with E-state index < -0.39 is 0 Å². The van der Waals surface area contributed by atoms with Crippen LogP contribution in [0.15, 0.2) is 0 Å². The standard InChI is InChI=1S/C17H31N3O2/c1-14(15-8-9-15)19(2)13-16(21)18-10-6-12-20-11-5-3-4-7-17(20)22/h14-15H,3-13H2,1-2H3,(H,18,21). The first kappa shape index (κ1) is 17.3. The Labute approximate surface area is 134 Å². The Balaban J connectivity index is 1.57. The summed E-state index contributed by atoms with van der Waals surface area (Å²) in [5, 5.41) is 2.98. The first-order chi connectivity index (χ1) is 10.6. The highest BCUT2D eigenvalue weighted by molar-refractivity contribution is 5.78. The third kappa shape index (κ3) is 5.59. The second kappa shape index (κ2) is 8.51. The molecule has 1 atom stereocenters. The van der Waals surface area contributed by atoms with E-state index in [2.05, 4.69) is 17.1 Å². The average molecular weight is 309 g/mol. The first-order valence-corrected chi connectivity index (χ1v) is 8.82. The molecule has 5 heteroatoms. The maximum Gasteiger partial charge on any atom is 0.234 e. The molecule has 0 aromatic carbocycles. The zero-order valence-corrected chi connectivity index (χ0v) is 14.1. The number of hydrogen-bond acceptors (Lipinski definition) is 3. The van der Waals surface area contributed by atoms with Crippen LogP contribution in [0, 0.1) is 5.92 Å². The van der Waals surface area contributed by atoms with Crippen LogP contribution in [-0.2, 0) is 9.59 Å². The van der Waals surface area contributed by atoms with E-state index in [9.17, 15) is 9.59 Å². The minimum absolute atomic E-state index is 0.0946. The molecular weight excluding hydrogens is 278 g/mol. The Kier molecular flexibility index (Phi) is 6.68. The van der Waals surface area contributed by atoms with Crippen molar-refractivity contribution in [1.29, 1.82) is 0 Å². The van der Waals surface area contributed by atoms with Crippen LogP contribution >= 0.6 is 0 Å². The molecule has 2 rings (SSSR count). The van der Waals surface area contributed by atoms with Gasteiger partial charge in [-0.15, -0.1) is 0 Å². The largest absolute Gasteiger partial charge is 0.355 e. The van der Waals surface area contributed by atoms with Gasteiger partial charge >= 0.3 is 0 Å². The molecule has 1 heterocycles. The molecule has 2 aliphatic rings. The lowest BCUT2D eigenvalue weighted by molar-refractivity contribution is -0.130. The Hall–Kier alpha value is -1.10. The zero-order valence-electron chi connectivity index (χ0n) is 14.1. The highest BCUT2D eigenvalue weighted by Crippen LogP contribution is 2.34. The fraction of sp³-hybridized carbons (Fsp3) is 0.882. The molecule has 5 nitrogen and oxygen atoms in total. The van der Waals surface area contributed by atoms with Crippen molar-refractivity contribution < 1.29 is 9.59 Å². The highest BCUT2D eigenvalue weighted by Gasteiger charge is 2.30. The number of nitrogens with zero attached hydrogens (tertiary/aromatic N) is 2. The lowest BCUT2D eigenvalue weighted by atomic mass is 10.2. The van der Waals surface area contributed by atoms with Gasteiger partial charge in [0.1, 0.15) is 0 Å². The molecule has 0 aromatic heterocycles. The molecule has 1 aliphatic heterocycles. The Morgan fingerprint density at radius 3 is 2.86 bits per heavy atom. The van der Waals surface area contributed by atoms with Crippen LogP contribution in [0.5, 0.6) is 0 Å². The first-order valence-electron chi connectivity index (χ1n) is 8.82. The molecule has 1 saturated carbocycles. The lowest BCUT2D eigenvalue weighted by Crippen LogP contribution is -2.41. The Morgan fingerprint density at radius 2 is 2.14 bits per heavy atom. The van der Waals surface area contributed by atoms with Crippen molar-refractivity contribution in [3.8, 4) is 0 Å². The van der Waals surface area contributed by atoms with Crippen LogP contribution in [-0.4, -0.2) is 60.9 Å². The minimum atomic E-state index is 0.0946. The number of likely N-dealkylation sites (N-methyl/N-ethyl adjacent to an activating group) is 1. The van der Waals surface area contributed by atoms with Crippen molar-refractivity contribution in [2.75, 3.05) is 33.2 Å². The summed E-state index contributed by atoms with van der Waals surface area (Å²) in [6, 6.07) is 0.500. The number of hydrogen-bond donors (Lipinski definition) is 1. The molecule has 126 valence electrons. The SMILES string of the molecule is CC(C1CC1)N(C)CC(=O)NCCCN1CCCCCC1=O. The van der Waals surface area contributed by atoms with Gasteiger partial charge in [-0.1, -0.05) is 6.42 Å². The maximum atomic E-state index is 11.9. The topological polar surface area (TPSA) is 52.7 Å². The number of amides is 2. The summed E-state index contributed by atoms with van der Waals surface area (Å²) in [5.74, 6) is 1.16. The van der Waals surface area contributed by atoms with Crippen molar-refractivity contribution >= 4 is 11.8 Å². The molecule has 2 amide bonds. The van der Waals surface area contributed by atoms with Gasteiger partial charge in [-0.25, -0.2) is 0 Å². The molecule has 1 saturated heterocycles. The van der Waals surface area contributed by atoms with Crippen LogP contribution in [0.2, 0.25) is 0 Å². The Morgan fingerprint density at radius 1 is 1.36 bits per heavy atom. The second-order valence-corrected chi connectivity index (χ2v) is 6.89. The normalized spacial score (nSPS) is 20.9. The smallest absolute Gasteiger partial charge is 0.234 e. The van der Waals surface area contributed by atoms with E-state index >= 15 is 0 Å². The van der Waals surface area contributed by atoms with Crippen LogP contribution in [0.4, 0.5) is 0 Å². The Bertz CT molecular complexity index is 382. The van der Waals surface area contributed by atoms with E-state index in [4.69, 9.17) is 0 Å². The average Bonchev–Trinajstić information content (AvgIpc) is 3.32. The fourth-order valence-corrected chi connectivity index (χ4v) is 3.14. The monoisotopic (exact) mass is 309 g/mol. The van der Waals surface area contributed by atoms with Gasteiger partial charge in [0, 0.05) is 32.1 Å². The van der Waals surface area contributed by atoms with Gasteiger partial charge in [0.05, 0.1) is 6.54 Å². The van der Waals surface area contributed by atoms with E-state index in [1.165, 1.54) is 12.8 Å². The summed E-state index contributed by atoms with van der Waals surface area (Å²) in [6.45, 7) is 4.99. The summed E-state index contributed by atoms with van der Waals surface area (Å²) >= 11 is 0. The molecule has 1 N–H and O–H groups in total. The molecule has 22 heavy (non-hydrogen) atoms. The van der Waals surface area contributed by atoms with Crippen molar-refractivity contribution in [2.45, 2.75) is 57.9 Å². The van der Waals surface area contributed by atoms with Crippen LogP contribution in [0.25, 0.3) is 0 Å². The van der Waals surface area contributed by atoms with Gasteiger partial charge in [-0.2, -0.15) is 0 Å². The van der Waals surface area contributed by atoms with Gasteiger partial charge in [0.2, 0.25) is 11.8 Å². The molecule has 0 bridgehead atoms. The zero-order chi connectivity index (χ0) is 15.9. The van der Waals surface area contributed by atoms with Gasteiger partial charge < -0.3 is 10.2 Å². The molecule has 1 unspecified atom stereocenters. The van der Waals surface area contributed by atoms with E-state index in [1.807, 2.05) is 11.9 Å². The minimum Gasteiger partial charge on any atom is -0.355 e. The van der Waals surface area contributed by atoms with Crippen LogP contribution in [0.3, 0.4) is 0 Å². The van der Waals surface area contributed by atoms with Crippen molar-refractivity contribution in [3.05, 3.63) is 0 Å². The van der Waals surface area contributed by atoms with E-state index in [-0.39, 0.29) is 11.8 Å². The maximum absolute atomic E-state index is 11.9. The van der Waals surface area contributed by atoms with Gasteiger partial charge in [-0.3, -0.25) is 14.5 Å². The van der Waals surface area contributed by atoms with Crippen molar-refractivity contribution in [2.24, 2.45) is 5.92 Å². The van der Waals surface area contributed by atoms with Crippen molar-refractivity contribution in [1.82, 2.24) is 15.1 Å². The predicted molar refractivity (Wildman–Crippen MR) is 87.5 cm³/mol. The van der Waals surface area contributed by atoms with Crippen LogP contribution in [0.1, 0.15) is 51.9 Å². The van der Waals surface area contributed by atoms with E-state index in [0.29, 0.717) is 25.6 Å². The highest BCUT2D eigenvalue weighted by atomic mass is 16.2. The van der Waals surface area contributed by atoms with Crippen molar-refractivity contribution in [3.63, 3.8) is 0 Å². The van der Waals surface area contributed by atoms with Gasteiger partial charge in [0.25, 0.3) is 0 Å². The molecular formula is C17H31N3O2. The molecule has 1 aliphatic carbocycles. The predicted octanol–water partition coefficient (Wildman–Crippen LogP) is 1.63. The number of carbonyl (C=O) groups excluding carboxylic acids is 2. The molecule has 2 fully saturated rings. The number of nitrogens with one attached hydrogen (secondary N) is 1. The lowest BCUT2D eigenvalue weighted by Gasteiger charge is -2.24. The summed E-state index contributed by atoms with van der Waals surface area (Å²) in [5.41, 5.74) is 0. The summed E-state index contributed by atoms with van der Waals surface area (Å²) in [6.07, 6.45) is 7.44. The summed E-state index contributed by atoms with van der Waals surface area (Å²) in [7, 11) is 2.03. The van der Waals surface area contributed by atoms with E-state index in [0.717, 1.165) is 44.7 Å². The quantitative estimate of drug-likeness (QED) is 0.693.